The van der Waals surface area contributed by atoms with Gasteiger partial charge in [0.15, 0.2) is 0 Å². The van der Waals surface area contributed by atoms with Gasteiger partial charge in [0.1, 0.15) is 0 Å². The molecule has 2 heteroatoms. The van der Waals surface area contributed by atoms with Gasteiger partial charge in [-0.15, -0.1) is 5.41 Å². The van der Waals surface area contributed by atoms with Gasteiger partial charge < -0.3 is 5.11 Å². The van der Waals surface area contributed by atoms with E-state index in [2.05, 4.69) is 6.92 Å². The van der Waals surface area contributed by atoms with Crippen molar-refractivity contribution in [1.82, 2.24) is 0 Å². The Morgan fingerprint density at radius 1 is 1.23 bits per heavy atom. The predicted molar refractivity (Wildman–Crippen MR) is 51.3 cm³/mol. The summed E-state index contributed by atoms with van der Waals surface area (Å²) in [7, 11) is 0. The summed E-state index contributed by atoms with van der Waals surface area (Å²) in [6.45, 7) is 3.71. The van der Waals surface area contributed by atoms with Gasteiger partial charge in [0, 0.05) is 41.3 Å². The molecular formula is C11H21OPr-. The molecule has 1 N–H and O–H groups in total. The van der Waals surface area contributed by atoms with E-state index in [-0.39, 0.29) is 46.7 Å². The normalized spacial score (nSPS) is 19.8. The molecule has 0 unspecified atom stereocenters. The first-order valence-corrected chi connectivity index (χ1v) is 5.31. The number of hydrogen-bond donors (Lipinski definition) is 1. The number of unbranched alkanes of at least 4 members (excludes halogenated alkanes) is 2. The van der Waals surface area contributed by atoms with Gasteiger partial charge >= 0.3 is 0 Å². The molecule has 0 aromatic heterocycles. The van der Waals surface area contributed by atoms with E-state index in [0.29, 0.717) is 0 Å². The average molecular weight is 310 g/mol. The second kappa shape index (κ2) is 7.59. The van der Waals surface area contributed by atoms with Crippen molar-refractivity contribution in [3.05, 3.63) is 6.61 Å². The second-order valence-electron chi connectivity index (χ2n) is 4.16. The van der Waals surface area contributed by atoms with Crippen molar-refractivity contribution in [2.75, 3.05) is 0 Å². The molecule has 0 atom stereocenters. The molecule has 1 fully saturated rings. The largest absolute Gasteiger partial charge is 0.565 e. The molecule has 13 heavy (non-hydrogen) atoms. The zero-order valence-corrected chi connectivity index (χ0v) is 12.5. The smallest absolute Gasteiger partial charge is 0 e. The first kappa shape index (κ1) is 14.3. The van der Waals surface area contributed by atoms with E-state index in [1.165, 1.54) is 58.0 Å². The van der Waals surface area contributed by atoms with Crippen molar-refractivity contribution >= 4 is 0 Å². The molecule has 1 aliphatic carbocycles. The Balaban J connectivity index is 0.00000144. The number of rotatable bonds is 5. The van der Waals surface area contributed by atoms with Crippen LogP contribution in [0.2, 0.25) is 0 Å². The molecule has 0 heterocycles. The summed E-state index contributed by atoms with van der Waals surface area (Å²) in [4.78, 5) is 0. The molecule has 1 saturated carbocycles. The van der Waals surface area contributed by atoms with Crippen LogP contribution in [0.15, 0.2) is 0 Å². The predicted octanol–water partition coefficient (Wildman–Crippen LogP) is 3.66. The van der Waals surface area contributed by atoms with Gasteiger partial charge in [-0.25, -0.2) is 6.61 Å². The Morgan fingerprint density at radius 2 is 1.85 bits per heavy atom. The molecule has 0 amide bonds. The van der Waals surface area contributed by atoms with E-state index in [4.69, 9.17) is 0 Å². The van der Waals surface area contributed by atoms with Gasteiger partial charge in [-0.3, -0.25) is 0 Å². The SMILES string of the molecule is CCCCCC1([CH-]O)CCCC1.[Pr]. The maximum Gasteiger partial charge on any atom is 0 e. The van der Waals surface area contributed by atoms with E-state index in [1.54, 1.807) is 0 Å². The number of hydrogen-bond acceptors (Lipinski definition) is 1. The van der Waals surface area contributed by atoms with Crippen LogP contribution < -0.4 is 0 Å². The zero-order valence-electron chi connectivity index (χ0n) is 8.76. The monoisotopic (exact) mass is 310 g/mol. The molecule has 1 nitrogen and oxygen atoms in total. The van der Waals surface area contributed by atoms with Crippen LogP contribution in [0.5, 0.6) is 0 Å². The summed E-state index contributed by atoms with van der Waals surface area (Å²) < 4.78 is 0. The summed E-state index contributed by atoms with van der Waals surface area (Å²) in [6, 6.07) is 0. The van der Waals surface area contributed by atoms with Crippen LogP contribution in [0.25, 0.3) is 0 Å². The Hall–Kier alpha value is 1.32. The molecule has 1 radical (unpaired) electrons. The molecule has 1 aliphatic rings. The molecule has 75 valence electrons. The van der Waals surface area contributed by atoms with E-state index in [1.807, 2.05) is 0 Å². The fourth-order valence-electron chi connectivity index (χ4n) is 2.25. The van der Waals surface area contributed by atoms with E-state index in [9.17, 15) is 5.11 Å². The fraction of sp³-hybridized carbons (Fsp3) is 0.909. The van der Waals surface area contributed by atoms with Crippen LogP contribution >= 0.6 is 0 Å². The third-order valence-corrected chi connectivity index (χ3v) is 3.15. The van der Waals surface area contributed by atoms with Gasteiger partial charge in [0.2, 0.25) is 0 Å². The van der Waals surface area contributed by atoms with Crippen LogP contribution in [0.4, 0.5) is 0 Å². The summed E-state index contributed by atoms with van der Waals surface area (Å²) in [6.07, 6.45) is 10.1. The summed E-state index contributed by atoms with van der Waals surface area (Å²) in [5, 5.41) is 9.19. The minimum absolute atomic E-state index is 0. The minimum atomic E-state index is 0. The van der Waals surface area contributed by atoms with Crippen LogP contribution in [-0.2, 0) is 0 Å². The molecule has 0 bridgehead atoms. The average Bonchev–Trinajstić information content (AvgIpc) is 2.55. The first-order valence-electron chi connectivity index (χ1n) is 5.31. The van der Waals surface area contributed by atoms with Crippen LogP contribution in [0.3, 0.4) is 0 Å². The standard InChI is InChI=1S/C11H21O.Pr/c1-2-3-4-7-11(10-12)8-5-6-9-11;/h10,12H,2-9H2,1H3;/q-1;. The van der Waals surface area contributed by atoms with E-state index >= 15 is 0 Å². The maximum atomic E-state index is 9.19. The van der Waals surface area contributed by atoms with Crippen LogP contribution in [-0.4, -0.2) is 5.11 Å². The summed E-state index contributed by atoms with van der Waals surface area (Å²) in [5.74, 6) is 0. The molecule has 0 saturated heterocycles. The Kier molecular flexibility index (Phi) is 8.37. The summed E-state index contributed by atoms with van der Waals surface area (Å²) >= 11 is 0. The van der Waals surface area contributed by atoms with Crippen molar-refractivity contribution in [2.45, 2.75) is 58.3 Å². The molecule has 0 aliphatic heterocycles. The molecule has 0 aromatic rings. The number of aliphatic hydroxyl groups is 1. The first-order chi connectivity index (χ1) is 5.83. The minimum Gasteiger partial charge on any atom is -0.565 e. The molecule has 0 aromatic carbocycles. The molecular weight excluding hydrogens is 289 g/mol. The Bertz CT molecular complexity index is 119. The van der Waals surface area contributed by atoms with Gasteiger partial charge in [-0.05, 0) is 0 Å². The van der Waals surface area contributed by atoms with Crippen molar-refractivity contribution in [1.29, 1.82) is 0 Å². The van der Waals surface area contributed by atoms with Gasteiger partial charge in [0.05, 0.1) is 0 Å². The van der Waals surface area contributed by atoms with E-state index in [0.717, 1.165) is 0 Å². The van der Waals surface area contributed by atoms with Gasteiger partial charge in [-0.1, -0.05) is 58.3 Å². The topological polar surface area (TPSA) is 20.2 Å². The Labute approximate surface area is 116 Å². The van der Waals surface area contributed by atoms with Crippen molar-refractivity contribution in [3.8, 4) is 0 Å². The zero-order chi connectivity index (χ0) is 8.86. The maximum absolute atomic E-state index is 9.19. The van der Waals surface area contributed by atoms with Crippen molar-refractivity contribution < 1.29 is 46.4 Å². The Morgan fingerprint density at radius 3 is 2.31 bits per heavy atom. The second-order valence-corrected chi connectivity index (χ2v) is 4.16. The van der Waals surface area contributed by atoms with Crippen molar-refractivity contribution in [2.24, 2.45) is 5.41 Å². The van der Waals surface area contributed by atoms with E-state index < -0.39 is 0 Å². The fourth-order valence-corrected chi connectivity index (χ4v) is 2.25. The quantitative estimate of drug-likeness (QED) is 0.607. The van der Waals surface area contributed by atoms with Gasteiger partial charge in [0.25, 0.3) is 0 Å². The third-order valence-electron chi connectivity index (χ3n) is 3.15. The number of aliphatic hydroxyl groups excluding tert-OH is 1. The van der Waals surface area contributed by atoms with Crippen LogP contribution in [0, 0.1) is 53.3 Å². The summed E-state index contributed by atoms with van der Waals surface area (Å²) in [5.41, 5.74) is 0.217. The van der Waals surface area contributed by atoms with Gasteiger partial charge in [-0.2, -0.15) is 0 Å². The molecule has 1 rings (SSSR count). The molecule has 0 spiro atoms. The van der Waals surface area contributed by atoms with Crippen LogP contribution in [0.1, 0.15) is 58.3 Å². The van der Waals surface area contributed by atoms with Crippen molar-refractivity contribution in [3.63, 3.8) is 0 Å². The third kappa shape index (κ3) is 4.58.